The molecule has 1 saturated heterocycles. The van der Waals surface area contributed by atoms with E-state index in [0.29, 0.717) is 30.1 Å². The zero-order valence-corrected chi connectivity index (χ0v) is 24.6. The summed E-state index contributed by atoms with van der Waals surface area (Å²) < 4.78 is 6.05. The maximum Gasteiger partial charge on any atom is 0.269 e. The van der Waals surface area contributed by atoms with E-state index in [1.807, 2.05) is 58.6 Å². The molecule has 1 heterocycles. The molecule has 2 N–H and O–H groups in total. The van der Waals surface area contributed by atoms with Crippen molar-refractivity contribution >= 4 is 34.3 Å². The Morgan fingerprint density at radius 3 is 2.11 bits per heavy atom. The van der Waals surface area contributed by atoms with E-state index in [0.717, 1.165) is 17.5 Å². The molecular weight excluding hydrogens is 550 g/mol. The summed E-state index contributed by atoms with van der Waals surface area (Å²) in [5, 5.41) is 30.6. The number of hydrogen-bond donors (Lipinski definition) is 2. The van der Waals surface area contributed by atoms with Gasteiger partial charge in [-0.25, -0.2) is 0 Å². The third-order valence-corrected chi connectivity index (χ3v) is 7.53. The molecule has 0 radical (unpaired) electrons. The van der Waals surface area contributed by atoms with Crippen LogP contribution in [0.25, 0.3) is 0 Å². The van der Waals surface area contributed by atoms with Crippen molar-refractivity contribution in [3.63, 3.8) is 0 Å². The molecule has 3 atom stereocenters. The number of phenolic OH excluding ortho intramolecular Hbond substituents is 1. The fourth-order valence-electron chi connectivity index (χ4n) is 5.51. The Balaban J connectivity index is 0.00000400. The number of nitro benzene ring substituents is 1. The number of phenols is 1. The summed E-state index contributed by atoms with van der Waals surface area (Å²) in [5.41, 5.74) is 1.45. The van der Waals surface area contributed by atoms with E-state index < -0.39 is 4.92 Å². The van der Waals surface area contributed by atoms with E-state index in [1.54, 1.807) is 12.1 Å². The predicted octanol–water partition coefficient (Wildman–Crippen LogP) is 6.42. The fourth-order valence-corrected chi connectivity index (χ4v) is 5.51. The Morgan fingerprint density at radius 2 is 1.63 bits per heavy atom. The van der Waals surface area contributed by atoms with Gasteiger partial charge in [-0.05, 0) is 53.9 Å². The number of carbonyl (C=O) groups excluding carboxylic acids is 1. The van der Waals surface area contributed by atoms with Crippen molar-refractivity contribution in [2.45, 2.75) is 71.3 Å². The molecule has 9 heteroatoms. The van der Waals surface area contributed by atoms with Gasteiger partial charge in [0.05, 0.1) is 23.4 Å². The molecule has 38 heavy (non-hydrogen) atoms. The molecule has 0 aromatic heterocycles. The van der Waals surface area contributed by atoms with E-state index in [-0.39, 0.29) is 69.5 Å². The number of nitrogens with zero attached hydrogens (tertiary/aromatic N) is 2. The molecule has 1 aliphatic heterocycles. The van der Waals surface area contributed by atoms with Gasteiger partial charge in [-0.15, -0.1) is 17.0 Å². The standard InChI is InChI=1S/C29H37N3O5.BrH/c1-28(2,3)23-12-17(13-24(26(23)34)29(4,5)6)25(33)16-31-15-18-11-21(14-22(18)27(31)30)37-20-9-7-19(8-10-20)32(35)36;/h7-10,12-13,18,21-22,30,34H,11,14-16H2,1-6H3;1H. The van der Waals surface area contributed by atoms with Gasteiger partial charge in [-0.1, -0.05) is 41.5 Å². The highest BCUT2D eigenvalue weighted by molar-refractivity contribution is 8.93. The van der Waals surface area contributed by atoms with Gasteiger partial charge in [0.2, 0.25) is 0 Å². The molecule has 0 bridgehead atoms. The Hall–Kier alpha value is -2.94. The van der Waals surface area contributed by atoms with Crippen molar-refractivity contribution < 1.29 is 19.6 Å². The minimum absolute atomic E-state index is 0. The van der Waals surface area contributed by atoms with E-state index in [2.05, 4.69) is 0 Å². The number of fused-ring (bicyclic) bond motifs is 1. The van der Waals surface area contributed by atoms with Crippen LogP contribution in [-0.4, -0.2) is 45.7 Å². The Kier molecular flexibility index (Phi) is 8.32. The van der Waals surface area contributed by atoms with E-state index in [9.17, 15) is 20.0 Å². The van der Waals surface area contributed by atoms with Gasteiger partial charge in [0.25, 0.3) is 5.69 Å². The quantitative estimate of drug-likeness (QED) is 0.229. The Labute approximate surface area is 234 Å². The Bertz CT molecular complexity index is 1200. The lowest BCUT2D eigenvalue weighted by molar-refractivity contribution is -0.384. The lowest BCUT2D eigenvalue weighted by atomic mass is 9.78. The summed E-state index contributed by atoms with van der Waals surface area (Å²) in [5.74, 6) is 1.52. The van der Waals surface area contributed by atoms with Gasteiger partial charge < -0.3 is 14.7 Å². The van der Waals surface area contributed by atoms with Crippen LogP contribution in [0.4, 0.5) is 5.69 Å². The number of ketones is 1. The maximum absolute atomic E-state index is 13.4. The number of aromatic hydroxyl groups is 1. The molecule has 2 aromatic rings. The van der Waals surface area contributed by atoms with Gasteiger partial charge in [0, 0.05) is 41.3 Å². The molecule has 0 spiro atoms. The third kappa shape index (κ3) is 6.03. The lowest BCUT2D eigenvalue weighted by Crippen LogP contribution is -2.34. The largest absolute Gasteiger partial charge is 0.507 e. The van der Waals surface area contributed by atoms with Crippen LogP contribution in [0.2, 0.25) is 0 Å². The number of non-ortho nitro benzene ring substituents is 1. The molecule has 8 nitrogen and oxygen atoms in total. The molecule has 1 aliphatic carbocycles. The number of halogens is 1. The summed E-state index contributed by atoms with van der Waals surface area (Å²) in [4.78, 5) is 25.7. The summed E-state index contributed by atoms with van der Waals surface area (Å²) in [7, 11) is 0. The van der Waals surface area contributed by atoms with Crippen molar-refractivity contribution in [3.8, 4) is 11.5 Å². The SMILES string of the molecule is Br.CC(C)(C)c1cc(C(=O)CN2CC3CC(Oc4ccc([N+](=O)[O-])cc4)CC3C2=N)cc(C(C)(C)C)c1O. The molecule has 3 unspecified atom stereocenters. The number of carbonyl (C=O) groups is 1. The van der Waals surface area contributed by atoms with Crippen molar-refractivity contribution in [3.05, 3.63) is 63.2 Å². The average Bonchev–Trinajstić information content (AvgIpc) is 3.30. The van der Waals surface area contributed by atoms with E-state index in [1.165, 1.54) is 12.1 Å². The first-order valence-electron chi connectivity index (χ1n) is 12.8. The maximum atomic E-state index is 13.4. The van der Waals surface area contributed by atoms with Crippen molar-refractivity contribution in [2.24, 2.45) is 11.8 Å². The highest BCUT2D eigenvalue weighted by Crippen LogP contribution is 2.42. The second-order valence-electron chi connectivity index (χ2n) is 12.4. The molecule has 2 aromatic carbocycles. The topological polar surface area (TPSA) is 117 Å². The summed E-state index contributed by atoms with van der Waals surface area (Å²) in [6.45, 7) is 12.9. The second-order valence-corrected chi connectivity index (χ2v) is 12.4. The first kappa shape index (κ1) is 29.6. The van der Waals surface area contributed by atoms with Crippen LogP contribution in [0.5, 0.6) is 11.5 Å². The molecule has 4 rings (SSSR count). The van der Waals surface area contributed by atoms with Gasteiger partial charge in [0.15, 0.2) is 5.78 Å². The van der Waals surface area contributed by atoms with Crippen LogP contribution in [0, 0.1) is 27.4 Å². The monoisotopic (exact) mass is 587 g/mol. The van der Waals surface area contributed by atoms with Crippen LogP contribution in [0.3, 0.4) is 0 Å². The molecule has 0 amide bonds. The predicted molar refractivity (Wildman–Crippen MR) is 153 cm³/mol. The van der Waals surface area contributed by atoms with Crippen LogP contribution in [-0.2, 0) is 10.8 Å². The second kappa shape index (κ2) is 10.7. The van der Waals surface area contributed by atoms with Crippen LogP contribution in [0.15, 0.2) is 36.4 Å². The summed E-state index contributed by atoms with van der Waals surface area (Å²) in [6.07, 6.45) is 1.40. The number of ether oxygens (including phenoxy) is 1. The number of hydrogen-bond acceptors (Lipinski definition) is 6. The number of nitro groups is 1. The van der Waals surface area contributed by atoms with Crippen LogP contribution in [0.1, 0.15) is 75.9 Å². The zero-order chi connectivity index (χ0) is 27.3. The molecule has 206 valence electrons. The Morgan fingerprint density at radius 1 is 1.08 bits per heavy atom. The number of amidine groups is 1. The first-order valence-corrected chi connectivity index (χ1v) is 12.8. The average molecular weight is 589 g/mol. The highest BCUT2D eigenvalue weighted by atomic mass is 79.9. The van der Waals surface area contributed by atoms with E-state index >= 15 is 0 Å². The highest BCUT2D eigenvalue weighted by Gasteiger charge is 2.46. The van der Waals surface area contributed by atoms with Crippen LogP contribution >= 0.6 is 17.0 Å². The minimum Gasteiger partial charge on any atom is -0.507 e. The molecule has 2 aliphatic rings. The van der Waals surface area contributed by atoms with Crippen molar-refractivity contribution in [2.75, 3.05) is 13.1 Å². The minimum atomic E-state index is -0.438. The third-order valence-electron chi connectivity index (χ3n) is 7.53. The number of rotatable bonds is 6. The van der Waals surface area contributed by atoms with Gasteiger partial charge in [-0.2, -0.15) is 0 Å². The van der Waals surface area contributed by atoms with E-state index in [4.69, 9.17) is 10.1 Å². The number of benzene rings is 2. The lowest BCUT2D eigenvalue weighted by Gasteiger charge is -2.28. The van der Waals surface area contributed by atoms with Gasteiger partial charge in [0.1, 0.15) is 11.5 Å². The van der Waals surface area contributed by atoms with Crippen molar-refractivity contribution in [1.29, 1.82) is 5.41 Å². The van der Waals surface area contributed by atoms with Crippen molar-refractivity contribution in [1.82, 2.24) is 4.90 Å². The number of nitrogens with one attached hydrogen (secondary N) is 1. The summed E-state index contributed by atoms with van der Waals surface area (Å²) in [6, 6.07) is 9.69. The smallest absolute Gasteiger partial charge is 0.269 e. The van der Waals surface area contributed by atoms with Gasteiger partial charge in [-0.3, -0.25) is 20.3 Å². The normalized spacial score (nSPS) is 21.2. The van der Waals surface area contributed by atoms with Crippen LogP contribution < -0.4 is 4.74 Å². The number of Topliss-reactive ketones (excluding diaryl/α,β-unsaturated/α-hetero) is 1. The molecular formula is C29H38BrN3O5. The fraction of sp³-hybridized carbons (Fsp3) is 0.517. The first-order chi connectivity index (χ1) is 17.1. The zero-order valence-electron chi connectivity index (χ0n) is 22.9. The molecule has 2 fully saturated rings. The van der Waals surface area contributed by atoms with Gasteiger partial charge >= 0.3 is 0 Å². The number of likely N-dealkylation sites (tertiary alicyclic amines) is 1. The molecule has 1 saturated carbocycles. The summed E-state index contributed by atoms with van der Waals surface area (Å²) >= 11 is 0.